The van der Waals surface area contributed by atoms with Crippen molar-refractivity contribution in [3.63, 3.8) is 0 Å². The molecular weight excluding hydrogens is 326 g/mol. The lowest BCUT2D eigenvalue weighted by molar-refractivity contribution is -0.115. The van der Waals surface area contributed by atoms with Crippen molar-refractivity contribution in [2.45, 2.75) is 13.3 Å². The lowest BCUT2D eigenvalue weighted by Crippen LogP contribution is -2.09. The molecule has 0 saturated carbocycles. The van der Waals surface area contributed by atoms with Crippen molar-refractivity contribution in [2.75, 3.05) is 12.4 Å². The maximum atomic E-state index is 11.5. The van der Waals surface area contributed by atoms with E-state index in [1.807, 2.05) is 0 Å². The zero-order valence-electron chi connectivity index (χ0n) is 13.6. The Hall–Kier alpha value is -3.49. The number of aromatic nitrogens is 4. The van der Waals surface area contributed by atoms with Gasteiger partial charge >= 0.3 is 5.97 Å². The summed E-state index contributed by atoms with van der Waals surface area (Å²) in [6.07, 6.45) is 3.42. The monoisotopic (exact) mass is 341 g/mol. The van der Waals surface area contributed by atoms with E-state index in [0.717, 1.165) is 0 Å². The van der Waals surface area contributed by atoms with E-state index >= 15 is 0 Å². The number of rotatable bonds is 5. The lowest BCUT2D eigenvalue weighted by atomic mass is 10.1. The summed E-state index contributed by atoms with van der Waals surface area (Å²) in [5.74, 6) is -0.853. The molecule has 0 aliphatic carbocycles. The van der Waals surface area contributed by atoms with Crippen LogP contribution in [0.1, 0.15) is 23.7 Å². The fraction of sp³-hybridized carbons (Fsp3) is 0.188. The molecule has 0 bridgehead atoms. The predicted octanol–water partition coefficient (Wildman–Crippen LogP) is 1.85. The number of carbonyl (C=O) groups excluding carboxylic acids is 1. The van der Waals surface area contributed by atoms with Gasteiger partial charge in [-0.25, -0.2) is 19.3 Å². The normalized spacial score (nSPS) is 10.6. The van der Waals surface area contributed by atoms with E-state index in [1.54, 1.807) is 25.3 Å². The second kappa shape index (κ2) is 6.56. The quantitative estimate of drug-likeness (QED) is 0.727. The summed E-state index contributed by atoms with van der Waals surface area (Å²) in [5, 5.41) is 16.3. The minimum absolute atomic E-state index is 0.0320. The first-order chi connectivity index (χ1) is 12.0. The van der Waals surface area contributed by atoms with Gasteiger partial charge in [0.1, 0.15) is 5.56 Å². The minimum Gasteiger partial charge on any atom is -0.480 e. The molecule has 0 saturated heterocycles. The fourth-order valence-corrected chi connectivity index (χ4v) is 2.24. The first-order valence-corrected chi connectivity index (χ1v) is 7.45. The van der Waals surface area contributed by atoms with Gasteiger partial charge in [-0.15, -0.1) is 0 Å². The lowest BCUT2D eigenvalue weighted by Gasteiger charge is -2.06. The number of imidazole rings is 1. The molecule has 0 atom stereocenters. The van der Waals surface area contributed by atoms with Crippen molar-refractivity contribution in [3.05, 3.63) is 36.2 Å². The third kappa shape index (κ3) is 3.25. The number of carbonyl (C=O) groups is 2. The number of hydrogen-bond donors (Lipinski definition) is 2. The first-order valence-electron chi connectivity index (χ1n) is 7.45. The van der Waals surface area contributed by atoms with Crippen LogP contribution in [-0.4, -0.2) is 43.7 Å². The van der Waals surface area contributed by atoms with Crippen molar-refractivity contribution in [1.82, 2.24) is 19.6 Å². The number of anilines is 1. The molecule has 0 fully saturated rings. The minimum atomic E-state index is -1.14. The van der Waals surface area contributed by atoms with Crippen LogP contribution in [-0.2, 0) is 4.79 Å². The Bertz CT molecular complexity index is 966. The van der Waals surface area contributed by atoms with Crippen LogP contribution in [0.25, 0.3) is 16.9 Å². The van der Waals surface area contributed by atoms with E-state index < -0.39 is 5.97 Å². The smallest absolute Gasteiger partial charge is 0.341 e. The molecule has 3 aromatic rings. The van der Waals surface area contributed by atoms with E-state index in [1.165, 1.54) is 23.9 Å². The topological polar surface area (TPSA) is 119 Å². The molecule has 0 aliphatic heterocycles. The van der Waals surface area contributed by atoms with Gasteiger partial charge in [0.2, 0.25) is 11.8 Å². The zero-order valence-corrected chi connectivity index (χ0v) is 13.6. The predicted molar refractivity (Wildman–Crippen MR) is 88.7 cm³/mol. The van der Waals surface area contributed by atoms with Gasteiger partial charge in [0, 0.05) is 18.2 Å². The van der Waals surface area contributed by atoms with E-state index in [2.05, 4.69) is 20.4 Å². The van der Waals surface area contributed by atoms with Gasteiger partial charge in [0.25, 0.3) is 0 Å². The number of hydrogen-bond acceptors (Lipinski definition) is 6. The van der Waals surface area contributed by atoms with Gasteiger partial charge in [-0.3, -0.25) is 4.79 Å². The number of ether oxygens (including phenoxy) is 1. The van der Waals surface area contributed by atoms with Crippen molar-refractivity contribution in [1.29, 1.82) is 0 Å². The second-order valence-corrected chi connectivity index (χ2v) is 5.14. The maximum absolute atomic E-state index is 11.5. The van der Waals surface area contributed by atoms with Crippen LogP contribution >= 0.6 is 0 Å². The molecule has 3 heterocycles. The molecule has 1 amide bonds. The van der Waals surface area contributed by atoms with Crippen LogP contribution in [0.3, 0.4) is 0 Å². The Kier molecular flexibility index (Phi) is 4.29. The highest BCUT2D eigenvalue weighted by atomic mass is 16.5. The van der Waals surface area contributed by atoms with Crippen LogP contribution in [0, 0.1) is 0 Å². The summed E-state index contributed by atoms with van der Waals surface area (Å²) in [4.78, 5) is 31.0. The van der Waals surface area contributed by atoms with Crippen molar-refractivity contribution >= 4 is 23.3 Å². The maximum Gasteiger partial charge on any atom is 0.341 e. The van der Waals surface area contributed by atoms with E-state index in [-0.39, 0.29) is 17.4 Å². The number of nitrogens with one attached hydrogen (secondary N) is 1. The highest BCUT2D eigenvalue weighted by molar-refractivity contribution is 5.91. The molecule has 0 aliphatic rings. The molecule has 0 radical (unpaired) electrons. The molecule has 0 aromatic carbocycles. The Morgan fingerprint density at radius 3 is 2.84 bits per heavy atom. The van der Waals surface area contributed by atoms with Crippen LogP contribution < -0.4 is 10.1 Å². The molecule has 9 heteroatoms. The van der Waals surface area contributed by atoms with Gasteiger partial charge in [0.15, 0.2) is 11.5 Å². The van der Waals surface area contributed by atoms with Crippen molar-refractivity contribution < 1.29 is 19.4 Å². The molecule has 3 aromatic heterocycles. The summed E-state index contributed by atoms with van der Waals surface area (Å²) < 4.78 is 6.46. The molecule has 9 nitrogen and oxygen atoms in total. The number of nitrogens with zero attached hydrogens (tertiary/aromatic N) is 4. The number of methoxy groups -OCH3 is 1. The number of fused-ring (bicyclic) bond motifs is 1. The zero-order chi connectivity index (χ0) is 18.0. The van der Waals surface area contributed by atoms with Gasteiger partial charge < -0.3 is 15.2 Å². The second-order valence-electron chi connectivity index (χ2n) is 5.14. The van der Waals surface area contributed by atoms with Crippen molar-refractivity contribution in [2.24, 2.45) is 0 Å². The molecule has 3 rings (SSSR count). The molecular formula is C16H15N5O4. The number of amides is 1. The van der Waals surface area contributed by atoms with E-state index in [4.69, 9.17) is 4.74 Å². The Morgan fingerprint density at radius 2 is 2.16 bits per heavy atom. The highest BCUT2D eigenvalue weighted by Crippen LogP contribution is 2.23. The van der Waals surface area contributed by atoms with Crippen molar-refractivity contribution in [3.8, 4) is 17.1 Å². The van der Waals surface area contributed by atoms with Crippen LogP contribution in [0.5, 0.6) is 5.88 Å². The van der Waals surface area contributed by atoms with Crippen LogP contribution in [0.4, 0.5) is 5.82 Å². The standard InChI is InChI=1S/C16H15N5O4/c1-3-14(22)19-12-8-21-13(18-12)5-4-11(20-21)9-6-10(16(23)24)15(25-2)17-7-9/h4-8H,3H2,1-2H3,(H,19,22)(H,23,24). The largest absolute Gasteiger partial charge is 0.480 e. The number of aromatic carboxylic acids is 1. The van der Waals surface area contributed by atoms with E-state index in [0.29, 0.717) is 29.1 Å². The molecule has 2 N–H and O–H groups in total. The Labute approximate surface area is 142 Å². The van der Waals surface area contributed by atoms with Crippen LogP contribution in [0.2, 0.25) is 0 Å². The fourth-order valence-electron chi connectivity index (χ4n) is 2.24. The summed E-state index contributed by atoms with van der Waals surface area (Å²) in [6, 6.07) is 4.86. The summed E-state index contributed by atoms with van der Waals surface area (Å²) in [5.41, 5.74) is 1.53. The number of pyridine rings is 1. The number of carboxylic acid groups (broad SMARTS) is 1. The molecule has 128 valence electrons. The molecule has 0 unspecified atom stereocenters. The van der Waals surface area contributed by atoms with Gasteiger partial charge in [0.05, 0.1) is 19.0 Å². The highest BCUT2D eigenvalue weighted by Gasteiger charge is 2.15. The van der Waals surface area contributed by atoms with E-state index in [9.17, 15) is 14.7 Å². The third-order valence-electron chi connectivity index (χ3n) is 3.48. The number of carboxylic acids is 1. The third-order valence-corrected chi connectivity index (χ3v) is 3.48. The SMILES string of the molecule is CCC(=O)Nc1cn2nc(-c3cnc(OC)c(C(=O)O)c3)ccc2n1. The first kappa shape index (κ1) is 16.4. The van der Waals surface area contributed by atoms with Gasteiger partial charge in [-0.1, -0.05) is 6.92 Å². The van der Waals surface area contributed by atoms with Crippen LogP contribution in [0.15, 0.2) is 30.6 Å². The average Bonchev–Trinajstić information content (AvgIpc) is 3.02. The molecule has 0 spiro atoms. The Balaban J connectivity index is 2.00. The summed E-state index contributed by atoms with van der Waals surface area (Å²) >= 11 is 0. The molecule has 25 heavy (non-hydrogen) atoms. The summed E-state index contributed by atoms with van der Waals surface area (Å²) in [6.45, 7) is 1.75. The summed E-state index contributed by atoms with van der Waals surface area (Å²) in [7, 11) is 1.36. The Morgan fingerprint density at radius 1 is 1.36 bits per heavy atom. The average molecular weight is 341 g/mol. The van der Waals surface area contributed by atoms with Gasteiger partial charge in [-0.2, -0.15) is 5.10 Å². The van der Waals surface area contributed by atoms with Gasteiger partial charge in [-0.05, 0) is 18.2 Å².